The van der Waals surface area contributed by atoms with Crippen LogP contribution in [0.4, 0.5) is 5.69 Å². The lowest BCUT2D eigenvalue weighted by Crippen LogP contribution is -2.06. The average Bonchev–Trinajstić information content (AvgIpc) is 2.82. The summed E-state index contributed by atoms with van der Waals surface area (Å²) in [5.74, 6) is 4.64. The second-order valence-electron chi connectivity index (χ2n) is 7.21. The average molecular weight is 427 g/mol. The van der Waals surface area contributed by atoms with Crippen molar-refractivity contribution < 1.29 is 14.7 Å². The van der Waals surface area contributed by atoms with E-state index in [2.05, 4.69) is 34.4 Å². The van der Waals surface area contributed by atoms with Gasteiger partial charge in [0.15, 0.2) is 0 Å². The standard InChI is InChI=1S/C27H26N2O3/c1-3-8-23(18-26(30)31)21-13-15-25(16-14-21)28-19-20-9-7-12-24(17-20)27(29-32-2)22-10-5-4-6-11-22/h4-7,9-17,23,28H,18-19H2,1-2H3,(H,30,31)/b29-27-. The summed E-state index contributed by atoms with van der Waals surface area (Å²) < 4.78 is 0. The number of hydrogen-bond donors (Lipinski definition) is 2. The van der Waals surface area contributed by atoms with Crippen molar-refractivity contribution in [2.75, 3.05) is 12.4 Å². The number of carbonyl (C=O) groups is 1. The predicted octanol–water partition coefficient (Wildman–Crippen LogP) is 5.28. The van der Waals surface area contributed by atoms with Crippen molar-refractivity contribution in [3.63, 3.8) is 0 Å². The fourth-order valence-electron chi connectivity index (χ4n) is 3.43. The van der Waals surface area contributed by atoms with Gasteiger partial charge in [-0.15, -0.1) is 5.92 Å². The van der Waals surface area contributed by atoms with Gasteiger partial charge < -0.3 is 15.3 Å². The lowest BCUT2D eigenvalue weighted by Gasteiger charge is -2.12. The molecule has 0 radical (unpaired) electrons. The van der Waals surface area contributed by atoms with Crippen LogP contribution in [0.1, 0.15) is 41.5 Å². The number of oxime groups is 1. The third-order valence-electron chi connectivity index (χ3n) is 4.94. The molecular weight excluding hydrogens is 400 g/mol. The van der Waals surface area contributed by atoms with Crippen LogP contribution >= 0.6 is 0 Å². The molecule has 0 aliphatic rings. The SMILES string of the molecule is CC#CC(CC(=O)O)c1ccc(NCc2cccc(/C(=N\OC)c3ccccc3)c2)cc1. The molecule has 0 amide bonds. The Labute approximate surface area is 188 Å². The molecule has 3 aromatic carbocycles. The number of benzene rings is 3. The van der Waals surface area contributed by atoms with E-state index in [1.165, 1.54) is 0 Å². The lowest BCUT2D eigenvalue weighted by molar-refractivity contribution is -0.137. The summed E-state index contributed by atoms with van der Waals surface area (Å²) >= 11 is 0. The van der Waals surface area contributed by atoms with Gasteiger partial charge in [-0.1, -0.05) is 71.7 Å². The molecule has 2 N–H and O–H groups in total. The number of nitrogens with zero attached hydrogens (tertiary/aromatic N) is 1. The third kappa shape index (κ3) is 6.23. The van der Waals surface area contributed by atoms with Gasteiger partial charge in [-0.3, -0.25) is 4.79 Å². The summed E-state index contributed by atoms with van der Waals surface area (Å²) in [6.07, 6.45) is -0.00676. The smallest absolute Gasteiger partial charge is 0.304 e. The van der Waals surface area contributed by atoms with E-state index in [1.807, 2.05) is 66.7 Å². The molecule has 0 heterocycles. The summed E-state index contributed by atoms with van der Waals surface area (Å²) in [5, 5.41) is 16.8. The van der Waals surface area contributed by atoms with Gasteiger partial charge in [-0.2, -0.15) is 0 Å². The fraction of sp³-hybridized carbons (Fsp3) is 0.185. The number of carboxylic acid groups (broad SMARTS) is 1. The molecular formula is C27H26N2O3. The number of carboxylic acids is 1. The quantitative estimate of drug-likeness (QED) is 0.277. The van der Waals surface area contributed by atoms with E-state index in [1.54, 1.807) is 14.0 Å². The molecule has 0 bridgehead atoms. The molecule has 0 aromatic heterocycles. The van der Waals surface area contributed by atoms with Crippen molar-refractivity contribution in [1.29, 1.82) is 0 Å². The maximum absolute atomic E-state index is 11.1. The molecule has 5 nitrogen and oxygen atoms in total. The Morgan fingerprint density at radius 3 is 2.41 bits per heavy atom. The van der Waals surface area contributed by atoms with Crippen molar-refractivity contribution in [3.05, 3.63) is 101 Å². The highest BCUT2D eigenvalue weighted by atomic mass is 16.6. The van der Waals surface area contributed by atoms with Gasteiger partial charge in [0.05, 0.1) is 12.3 Å². The summed E-state index contributed by atoms with van der Waals surface area (Å²) in [5.41, 5.74) is 5.69. The molecule has 32 heavy (non-hydrogen) atoms. The number of anilines is 1. The van der Waals surface area contributed by atoms with Crippen LogP contribution in [-0.2, 0) is 16.2 Å². The first-order valence-corrected chi connectivity index (χ1v) is 10.3. The Kier molecular flexibility index (Phi) is 8.05. The van der Waals surface area contributed by atoms with Crippen molar-refractivity contribution >= 4 is 17.4 Å². The molecule has 3 rings (SSSR count). The number of nitrogens with one attached hydrogen (secondary N) is 1. The minimum atomic E-state index is -0.855. The van der Waals surface area contributed by atoms with Crippen LogP contribution in [0.15, 0.2) is 84.0 Å². The van der Waals surface area contributed by atoms with E-state index < -0.39 is 5.97 Å². The first-order chi connectivity index (χ1) is 15.6. The monoisotopic (exact) mass is 426 g/mol. The van der Waals surface area contributed by atoms with Crippen molar-refractivity contribution in [1.82, 2.24) is 0 Å². The topological polar surface area (TPSA) is 70.9 Å². The van der Waals surface area contributed by atoms with E-state index in [0.717, 1.165) is 33.7 Å². The zero-order chi connectivity index (χ0) is 22.8. The van der Waals surface area contributed by atoms with Crippen LogP contribution in [0.3, 0.4) is 0 Å². The van der Waals surface area contributed by atoms with Crippen LogP contribution in [-0.4, -0.2) is 23.9 Å². The van der Waals surface area contributed by atoms with Gasteiger partial charge in [-0.25, -0.2) is 0 Å². The molecule has 3 aromatic rings. The highest BCUT2D eigenvalue weighted by Gasteiger charge is 2.13. The number of aliphatic carboxylic acids is 1. The van der Waals surface area contributed by atoms with Crippen LogP contribution in [0.25, 0.3) is 0 Å². The van der Waals surface area contributed by atoms with Gasteiger partial charge >= 0.3 is 5.97 Å². The predicted molar refractivity (Wildman–Crippen MR) is 128 cm³/mol. The molecule has 0 aliphatic carbocycles. The van der Waals surface area contributed by atoms with E-state index in [0.29, 0.717) is 6.54 Å². The Morgan fingerprint density at radius 2 is 1.75 bits per heavy atom. The highest BCUT2D eigenvalue weighted by Crippen LogP contribution is 2.22. The Bertz CT molecular complexity index is 1130. The maximum atomic E-state index is 11.1. The van der Waals surface area contributed by atoms with Gasteiger partial charge in [0, 0.05) is 23.4 Å². The molecule has 0 saturated heterocycles. The van der Waals surface area contributed by atoms with Gasteiger partial charge in [0.1, 0.15) is 12.8 Å². The molecule has 1 atom stereocenters. The summed E-state index contributed by atoms with van der Waals surface area (Å²) in [6, 6.07) is 25.8. The Hall–Kier alpha value is -4.04. The van der Waals surface area contributed by atoms with E-state index >= 15 is 0 Å². The molecule has 162 valence electrons. The Morgan fingerprint density at radius 1 is 1.03 bits per heavy atom. The van der Waals surface area contributed by atoms with Crippen LogP contribution < -0.4 is 5.32 Å². The zero-order valence-corrected chi connectivity index (χ0v) is 18.2. The normalized spacial score (nSPS) is 11.8. The third-order valence-corrected chi connectivity index (χ3v) is 4.94. The van der Waals surface area contributed by atoms with Gasteiger partial charge in [0.2, 0.25) is 0 Å². The van der Waals surface area contributed by atoms with Gasteiger partial charge in [0.25, 0.3) is 0 Å². The van der Waals surface area contributed by atoms with Crippen molar-refractivity contribution in [2.45, 2.75) is 25.8 Å². The van der Waals surface area contributed by atoms with E-state index in [-0.39, 0.29) is 12.3 Å². The first kappa shape index (κ1) is 22.6. The lowest BCUT2D eigenvalue weighted by atomic mass is 9.96. The molecule has 5 heteroatoms. The number of hydrogen-bond acceptors (Lipinski definition) is 4. The van der Waals surface area contributed by atoms with E-state index in [4.69, 9.17) is 9.94 Å². The minimum absolute atomic E-state index is 0.00676. The summed E-state index contributed by atoms with van der Waals surface area (Å²) in [6.45, 7) is 2.36. The largest absolute Gasteiger partial charge is 0.481 e. The Balaban J connectivity index is 1.72. The van der Waals surface area contributed by atoms with Gasteiger partial charge in [-0.05, 0) is 36.2 Å². The zero-order valence-electron chi connectivity index (χ0n) is 18.2. The van der Waals surface area contributed by atoms with Crippen molar-refractivity contribution in [3.8, 4) is 11.8 Å². The van der Waals surface area contributed by atoms with Crippen LogP contribution in [0.5, 0.6) is 0 Å². The summed E-state index contributed by atoms with van der Waals surface area (Å²) in [7, 11) is 1.55. The fourth-order valence-corrected chi connectivity index (χ4v) is 3.43. The first-order valence-electron chi connectivity index (χ1n) is 10.3. The molecule has 0 fully saturated rings. The maximum Gasteiger partial charge on any atom is 0.304 e. The summed E-state index contributed by atoms with van der Waals surface area (Å²) in [4.78, 5) is 16.2. The minimum Gasteiger partial charge on any atom is -0.481 e. The molecule has 0 saturated carbocycles. The number of rotatable bonds is 9. The van der Waals surface area contributed by atoms with E-state index in [9.17, 15) is 4.79 Å². The van der Waals surface area contributed by atoms with Crippen molar-refractivity contribution in [2.24, 2.45) is 5.16 Å². The second kappa shape index (κ2) is 11.4. The highest BCUT2D eigenvalue weighted by molar-refractivity contribution is 6.12. The second-order valence-corrected chi connectivity index (χ2v) is 7.21. The van der Waals surface area contributed by atoms with Crippen LogP contribution in [0.2, 0.25) is 0 Å². The molecule has 0 spiro atoms. The molecule has 0 aliphatic heterocycles. The molecule has 1 unspecified atom stereocenters. The van der Waals surface area contributed by atoms with Crippen LogP contribution in [0, 0.1) is 11.8 Å².